The summed E-state index contributed by atoms with van der Waals surface area (Å²) in [6, 6.07) is 0. The largest absolute Gasteiger partial charge is 0.477 e. The minimum absolute atomic E-state index is 0.104. The highest BCUT2D eigenvalue weighted by Crippen LogP contribution is 2.45. The van der Waals surface area contributed by atoms with E-state index in [4.69, 9.17) is 43.0 Å². The first-order valence-electron chi connectivity index (χ1n) is 25.1. The molecule has 10 unspecified atom stereocenters. The molecule has 0 bridgehead atoms. The number of hydrogen-bond donors (Lipinski definition) is 17. The number of carbonyl (C=O) groups is 2. The van der Waals surface area contributed by atoms with Gasteiger partial charge in [0, 0.05) is 36.5 Å². The smallest absolute Gasteiger partial charge is 0.364 e. The van der Waals surface area contributed by atoms with Crippen molar-refractivity contribution in [2.75, 3.05) is 33.0 Å². The summed E-state index contributed by atoms with van der Waals surface area (Å²) in [5.74, 6) is -12.2. The highest BCUT2D eigenvalue weighted by Gasteiger charge is 2.61. The van der Waals surface area contributed by atoms with E-state index in [0.717, 1.165) is 0 Å². The highest BCUT2D eigenvalue weighted by atomic mass is 16.8. The first kappa shape index (κ1) is 64.5. The van der Waals surface area contributed by atoms with Gasteiger partial charge in [0.05, 0.1) is 81.4 Å². The van der Waals surface area contributed by atoms with Gasteiger partial charge in [-0.25, -0.2) is 9.59 Å². The van der Waals surface area contributed by atoms with E-state index in [-0.39, 0.29) is 30.5 Å². The second-order valence-electron chi connectivity index (χ2n) is 21.4. The molecular formula is C47H84O27. The summed E-state index contributed by atoms with van der Waals surface area (Å²) >= 11 is 0. The van der Waals surface area contributed by atoms with Gasteiger partial charge in [-0.05, 0) is 18.8 Å². The number of hydrogen-bond acceptors (Lipinski definition) is 25. The zero-order chi connectivity index (χ0) is 56.3. The molecule has 5 fully saturated rings. The molecule has 0 amide bonds. The molecule has 434 valence electrons. The van der Waals surface area contributed by atoms with Crippen molar-refractivity contribution in [3.05, 3.63) is 0 Å². The summed E-state index contributed by atoms with van der Waals surface area (Å²) in [5, 5.41) is 176. The number of aliphatic hydroxyl groups is 15. The van der Waals surface area contributed by atoms with Gasteiger partial charge in [0.1, 0.15) is 73.2 Å². The van der Waals surface area contributed by atoms with Crippen LogP contribution in [0.1, 0.15) is 75.2 Å². The lowest BCUT2D eigenvalue weighted by molar-refractivity contribution is -0.386. The average molecular weight is 1080 g/mol. The van der Waals surface area contributed by atoms with Crippen molar-refractivity contribution in [2.45, 2.75) is 215 Å². The Morgan fingerprint density at radius 2 is 1.04 bits per heavy atom. The van der Waals surface area contributed by atoms with Crippen molar-refractivity contribution >= 4 is 11.9 Å². The average Bonchev–Trinajstić information content (AvgIpc) is 3.35. The lowest BCUT2D eigenvalue weighted by Gasteiger charge is -2.54. The summed E-state index contributed by atoms with van der Waals surface area (Å²) in [4.78, 5) is 25.5. The molecular weight excluding hydrogens is 996 g/mol. The van der Waals surface area contributed by atoms with Crippen molar-refractivity contribution in [1.82, 2.24) is 0 Å². The third-order valence-corrected chi connectivity index (χ3v) is 15.9. The molecule has 27 heteroatoms. The SMILES string of the molecule is CC(C)C1(C)OC(CO[C@]2(C(=O)O)C[C@@H](O)[C@@H](C)C([C@H](O)[C@H](O)CO)O2)C(O)[C@H](O[C@@H]2OC(CO)[C@H](O)[C@H](O[C@]3(C(=O)O)C[C@@H](O)[C@@H](C)C([C@H](O)[C@H](O)CO)O3)C2O)[C@@H]1C.CC(C)C1OC(CO)C(O)[C@H](O)[C@@H]1C. The van der Waals surface area contributed by atoms with Crippen LogP contribution in [-0.4, -0.2) is 271 Å². The first-order chi connectivity index (χ1) is 34.3. The van der Waals surface area contributed by atoms with Crippen LogP contribution in [0.2, 0.25) is 0 Å². The van der Waals surface area contributed by atoms with Gasteiger partial charge in [0.15, 0.2) is 6.29 Å². The Morgan fingerprint density at radius 1 is 0.581 bits per heavy atom. The van der Waals surface area contributed by atoms with Crippen molar-refractivity contribution in [3.63, 3.8) is 0 Å². The lowest BCUT2D eigenvalue weighted by Crippen LogP contribution is -2.68. The Labute approximate surface area is 428 Å². The van der Waals surface area contributed by atoms with Crippen molar-refractivity contribution in [3.8, 4) is 0 Å². The second-order valence-corrected chi connectivity index (χ2v) is 21.4. The molecule has 0 aromatic carbocycles. The van der Waals surface area contributed by atoms with Gasteiger partial charge in [0.2, 0.25) is 0 Å². The topological polar surface area (TPSA) is 452 Å². The molecule has 0 aromatic heterocycles. The van der Waals surface area contributed by atoms with E-state index < -0.39 is 202 Å². The van der Waals surface area contributed by atoms with E-state index in [0.29, 0.717) is 0 Å². The Hall–Kier alpha value is -1.98. The molecule has 0 radical (unpaired) electrons. The van der Waals surface area contributed by atoms with E-state index in [1.807, 2.05) is 20.8 Å². The van der Waals surface area contributed by atoms with Crippen molar-refractivity contribution in [2.24, 2.45) is 35.5 Å². The number of carboxylic acids is 2. The molecule has 5 aliphatic heterocycles. The maximum absolute atomic E-state index is 12.8. The number of aliphatic hydroxyl groups excluding tert-OH is 15. The van der Waals surface area contributed by atoms with E-state index in [2.05, 4.69) is 0 Å². The Kier molecular flexibility index (Phi) is 23.0. The van der Waals surface area contributed by atoms with E-state index in [1.165, 1.54) is 13.8 Å². The molecule has 5 heterocycles. The Bertz CT molecular complexity index is 1760. The van der Waals surface area contributed by atoms with Gasteiger partial charge < -0.3 is 125 Å². The van der Waals surface area contributed by atoms with Crippen LogP contribution in [0.4, 0.5) is 0 Å². The lowest BCUT2D eigenvalue weighted by atomic mass is 9.73. The van der Waals surface area contributed by atoms with Gasteiger partial charge >= 0.3 is 11.9 Å². The molecule has 0 aromatic rings. The maximum atomic E-state index is 12.8. The zero-order valence-electron chi connectivity index (χ0n) is 43.1. The summed E-state index contributed by atoms with van der Waals surface area (Å²) < 4.78 is 46.7. The number of rotatable bonds is 19. The van der Waals surface area contributed by atoms with Gasteiger partial charge in [-0.2, -0.15) is 0 Å². The van der Waals surface area contributed by atoms with Crippen LogP contribution in [0.5, 0.6) is 0 Å². The van der Waals surface area contributed by atoms with Gasteiger partial charge in [-0.3, -0.25) is 0 Å². The van der Waals surface area contributed by atoms with Crippen molar-refractivity contribution < 1.29 is 134 Å². The number of aliphatic carboxylic acids is 2. The highest BCUT2D eigenvalue weighted by molar-refractivity contribution is 5.76. The summed E-state index contributed by atoms with van der Waals surface area (Å²) in [6.45, 7) is 11.6. The molecule has 0 aliphatic carbocycles. The van der Waals surface area contributed by atoms with E-state index >= 15 is 0 Å². The minimum atomic E-state index is -2.91. The third kappa shape index (κ3) is 13.4. The predicted molar refractivity (Wildman–Crippen MR) is 247 cm³/mol. The molecule has 5 rings (SSSR count). The zero-order valence-corrected chi connectivity index (χ0v) is 43.1. The maximum Gasteiger partial charge on any atom is 0.364 e. The van der Waals surface area contributed by atoms with E-state index in [9.17, 15) is 91.3 Å². The Morgan fingerprint density at radius 3 is 1.49 bits per heavy atom. The summed E-state index contributed by atoms with van der Waals surface area (Å²) in [6.07, 6.45) is -32.0. The number of ether oxygens (including phenoxy) is 8. The molecule has 5 saturated heterocycles. The summed E-state index contributed by atoms with van der Waals surface area (Å²) in [7, 11) is 0. The van der Waals surface area contributed by atoms with Gasteiger partial charge in [-0.1, -0.05) is 55.4 Å². The van der Waals surface area contributed by atoms with Crippen LogP contribution in [0.15, 0.2) is 0 Å². The van der Waals surface area contributed by atoms with Crippen LogP contribution in [-0.2, 0) is 47.5 Å². The molecule has 27 atom stereocenters. The molecule has 27 nitrogen and oxygen atoms in total. The molecule has 0 spiro atoms. The molecule has 74 heavy (non-hydrogen) atoms. The first-order valence-corrected chi connectivity index (χ1v) is 25.1. The molecule has 5 aliphatic rings. The Balaban J connectivity index is 0.000000729. The van der Waals surface area contributed by atoms with Crippen LogP contribution in [0, 0.1) is 35.5 Å². The monoisotopic (exact) mass is 1080 g/mol. The normalized spacial score (nSPS) is 45.8. The fraction of sp³-hybridized carbons (Fsp3) is 0.957. The van der Waals surface area contributed by atoms with Gasteiger partial charge in [-0.15, -0.1) is 0 Å². The third-order valence-electron chi connectivity index (χ3n) is 15.9. The predicted octanol–water partition coefficient (Wildman–Crippen LogP) is -5.66. The standard InChI is InChI=1S/C37H64O23.C10H20O4/c1-13(2)35(6)16(5)30(26(48)22(57-35)12-54-36(33(50)51)7-17(41)14(3)28(58-36)23(45)19(43)9-38)56-32-27(49)31(25(47)21(11-40)55-32)60-37(34(52)53)8-18(42)15(4)29(59-37)24(46)20(44)10-39;1-5(2)10-6(3)8(12)9(13)7(4-11)14-10/h13-32,38-49H,7-12H2,1-6H3,(H,50,51)(H,52,53);5-13H,4H2,1-3H3/t14-,15-,16+,17-,18-,19-,20-,21?,22?,23-,24-,25+,26?,27?,28?,29?,30-,31+,32+,35?,36-,37+;6-,7?,8+,9?,10?/m10/s1. The fourth-order valence-corrected chi connectivity index (χ4v) is 10.4. The van der Waals surface area contributed by atoms with Crippen LogP contribution in [0.3, 0.4) is 0 Å². The van der Waals surface area contributed by atoms with Crippen LogP contribution < -0.4 is 0 Å². The van der Waals surface area contributed by atoms with Crippen LogP contribution >= 0.6 is 0 Å². The van der Waals surface area contributed by atoms with Crippen LogP contribution in [0.25, 0.3) is 0 Å². The van der Waals surface area contributed by atoms with Crippen molar-refractivity contribution in [1.29, 1.82) is 0 Å². The molecule has 0 saturated carbocycles. The minimum Gasteiger partial charge on any atom is -0.477 e. The van der Waals surface area contributed by atoms with Gasteiger partial charge in [0.25, 0.3) is 11.6 Å². The molecule has 17 N–H and O–H groups in total. The summed E-state index contributed by atoms with van der Waals surface area (Å²) in [5.41, 5.74) is -1.23. The number of carboxylic acid groups (broad SMARTS) is 2. The second kappa shape index (κ2) is 26.3. The van der Waals surface area contributed by atoms with E-state index in [1.54, 1.807) is 27.7 Å². The quantitative estimate of drug-likeness (QED) is 0.0573. The fourth-order valence-electron chi connectivity index (χ4n) is 10.4.